The third-order valence-corrected chi connectivity index (χ3v) is 6.09. The fraction of sp³-hybridized carbons (Fsp3) is 0.957. The summed E-state index contributed by atoms with van der Waals surface area (Å²) in [5, 5.41) is 9.79. The molecule has 0 aliphatic heterocycles. The van der Waals surface area contributed by atoms with Gasteiger partial charge in [0.05, 0.1) is 13.2 Å². The zero-order valence-corrected chi connectivity index (χ0v) is 21.0. The van der Waals surface area contributed by atoms with Crippen LogP contribution >= 0.6 is 7.82 Å². The number of hydrogen-bond acceptors (Lipinski definition) is 5. The van der Waals surface area contributed by atoms with Gasteiger partial charge in [0, 0.05) is 6.61 Å². The number of ether oxygens (including phenoxy) is 1. The molecule has 0 aliphatic carbocycles. The van der Waals surface area contributed by atoms with Gasteiger partial charge in [-0.1, -0.05) is 90.4 Å². The van der Waals surface area contributed by atoms with Crippen molar-refractivity contribution < 1.29 is 32.9 Å². The minimum atomic E-state index is -4.15. The van der Waals surface area contributed by atoms with E-state index in [2.05, 4.69) is 13.6 Å². The van der Waals surface area contributed by atoms with Crippen molar-refractivity contribution in [2.75, 3.05) is 40.0 Å². The normalized spacial score (nSPS) is 14.5. The first-order valence-corrected chi connectivity index (χ1v) is 13.8. The van der Waals surface area contributed by atoms with Gasteiger partial charge in [-0.2, -0.15) is 0 Å². The number of rotatable bonds is 24. The summed E-state index contributed by atoms with van der Waals surface area (Å²) in [4.78, 5) is 9.51. The molecule has 2 N–H and O–H groups in total. The highest BCUT2D eigenvalue weighted by Crippen LogP contribution is 2.42. The van der Waals surface area contributed by atoms with Crippen molar-refractivity contribution in [2.24, 2.45) is 0 Å². The second kappa shape index (κ2) is 21.5. The number of phosphoric ester groups is 1. The molecule has 0 fully saturated rings. The fourth-order valence-electron chi connectivity index (χ4n) is 3.20. The maximum Gasteiger partial charge on any atom is 0.472 e. The number of nitrogens with zero attached hydrogens (tertiary/aromatic N) is 1. The molecule has 31 heavy (non-hydrogen) atoms. The van der Waals surface area contributed by atoms with Crippen molar-refractivity contribution >= 4 is 14.5 Å². The topological polar surface area (TPSA) is 88.2 Å². The Balaban J connectivity index is 3.36. The number of likely N-dealkylation sites (N-methyl/N-ethyl adjacent to an activating group) is 1. The molecule has 0 saturated carbocycles. The van der Waals surface area contributed by atoms with Crippen molar-refractivity contribution in [3.8, 4) is 0 Å². The maximum absolute atomic E-state index is 11.6. The molecule has 0 saturated heterocycles. The van der Waals surface area contributed by atoms with Crippen LogP contribution in [0.5, 0.6) is 0 Å². The summed E-state index contributed by atoms with van der Waals surface area (Å²) >= 11 is 0. The van der Waals surface area contributed by atoms with Crippen molar-refractivity contribution in [1.29, 1.82) is 0 Å². The molecule has 0 bridgehead atoms. The molecular weight excluding hydrogens is 417 g/mol. The van der Waals surface area contributed by atoms with Gasteiger partial charge in [-0.15, -0.1) is 0 Å². The lowest BCUT2D eigenvalue weighted by molar-refractivity contribution is -0.490. The van der Waals surface area contributed by atoms with Crippen LogP contribution in [-0.2, 0) is 18.3 Å². The molecule has 1 unspecified atom stereocenters. The zero-order valence-electron chi connectivity index (χ0n) is 20.1. The lowest BCUT2D eigenvalue weighted by Gasteiger charge is -2.15. The molecule has 0 aromatic heterocycles. The van der Waals surface area contributed by atoms with E-state index >= 15 is 0 Å². The second-order valence-corrected chi connectivity index (χ2v) is 9.96. The van der Waals surface area contributed by atoms with Crippen molar-refractivity contribution in [1.82, 2.24) is 0 Å². The summed E-state index contributed by atoms with van der Waals surface area (Å²) in [6, 6.07) is 0. The Morgan fingerprint density at radius 3 is 1.77 bits per heavy atom. The lowest BCUT2D eigenvalue weighted by Crippen LogP contribution is -2.22. The molecule has 7 nitrogen and oxygen atoms in total. The van der Waals surface area contributed by atoms with Gasteiger partial charge < -0.3 is 14.7 Å². The molecule has 0 heterocycles. The van der Waals surface area contributed by atoms with Crippen LogP contribution in [0.15, 0.2) is 0 Å². The number of aliphatic hydroxyl groups is 1. The molecule has 0 radical (unpaired) electrons. The van der Waals surface area contributed by atoms with E-state index in [1.54, 1.807) is 11.6 Å². The maximum atomic E-state index is 11.6. The molecule has 186 valence electrons. The molecule has 0 spiro atoms. The molecule has 0 amide bonds. The third kappa shape index (κ3) is 24.2. The molecule has 0 aliphatic rings. The van der Waals surface area contributed by atoms with E-state index in [0.717, 1.165) is 12.8 Å². The zero-order chi connectivity index (χ0) is 23.2. The Hall–Kier alpha value is -0.300. The van der Waals surface area contributed by atoms with Crippen LogP contribution in [0.3, 0.4) is 0 Å². The van der Waals surface area contributed by atoms with Gasteiger partial charge in [0.2, 0.25) is 0 Å². The Labute approximate surface area is 190 Å². The number of aliphatic hydroxyl groups excluding tert-OH is 1. The average molecular weight is 467 g/mol. The van der Waals surface area contributed by atoms with Crippen LogP contribution in [0.2, 0.25) is 0 Å². The third-order valence-electron chi connectivity index (χ3n) is 5.11. The standard InChI is InChI=1S/C23H48NO6P/c1-4-5-6-7-8-9-10-11-12-13-14-15-16-17-19-28-21-23(25)22-30-31(26,27)29-20-18-24(2)3/h23,25H,2,4-22H2,1,3H3/p+1/t23-/m1/s1. The van der Waals surface area contributed by atoms with Gasteiger partial charge in [0.25, 0.3) is 0 Å². The van der Waals surface area contributed by atoms with E-state index in [-0.39, 0.29) is 19.8 Å². The first-order chi connectivity index (χ1) is 14.9. The van der Waals surface area contributed by atoms with Crippen LogP contribution < -0.4 is 0 Å². The number of phosphoric acid groups is 1. The van der Waals surface area contributed by atoms with Gasteiger partial charge in [0.15, 0.2) is 6.54 Å². The molecule has 8 heteroatoms. The molecular formula is C23H49NO6P+. The smallest absolute Gasteiger partial charge is 0.388 e. The predicted octanol–water partition coefficient (Wildman–Crippen LogP) is 5.32. The van der Waals surface area contributed by atoms with Crippen LogP contribution in [-0.4, -0.2) is 67.4 Å². The monoisotopic (exact) mass is 466 g/mol. The molecule has 0 aromatic rings. The van der Waals surface area contributed by atoms with Crippen LogP contribution in [0.4, 0.5) is 0 Å². The highest BCUT2D eigenvalue weighted by atomic mass is 31.2. The summed E-state index contributed by atoms with van der Waals surface area (Å²) in [6.45, 7) is 6.67. The Kier molecular flexibility index (Phi) is 21.3. The SMILES string of the molecule is C=[N+](C)CCOP(=O)(O)OC[C@H](O)COCCCCCCCCCCCCCCCC. The van der Waals surface area contributed by atoms with E-state index in [0.29, 0.717) is 13.2 Å². The van der Waals surface area contributed by atoms with E-state index in [4.69, 9.17) is 13.8 Å². The predicted molar refractivity (Wildman–Crippen MR) is 127 cm³/mol. The average Bonchev–Trinajstić information content (AvgIpc) is 2.71. The highest BCUT2D eigenvalue weighted by molar-refractivity contribution is 7.47. The second-order valence-electron chi connectivity index (χ2n) is 8.50. The molecule has 0 rings (SSSR count). The van der Waals surface area contributed by atoms with Crippen molar-refractivity contribution in [3.05, 3.63) is 0 Å². The first kappa shape index (κ1) is 30.7. The number of hydrogen-bond donors (Lipinski definition) is 2. The summed E-state index contributed by atoms with van der Waals surface area (Å²) in [5.41, 5.74) is 0. The molecule has 0 aromatic carbocycles. The Bertz CT molecular complexity index is 463. The highest BCUT2D eigenvalue weighted by Gasteiger charge is 2.23. The Morgan fingerprint density at radius 1 is 0.806 bits per heavy atom. The summed E-state index contributed by atoms with van der Waals surface area (Å²) in [7, 11) is -2.42. The van der Waals surface area contributed by atoms with Crippen molar-refractivity contribution in [2.45, 2.75) is 103 Å². The fourth-order valence-corrected chi connectivity index (χ4v) is 3.94. The molecule has 2 atom stereocenters. The number of unbranched alkanes of at least 4 members (excludes halogenated alkanes) is 13. The first-order valence-electron chi connectivity index (χ1n) is 12.3. The van der Waals surface area contributed by atoms with E-state index in [1.807, 2.05) is 0 Å². The largest absolute Gasteiger partial charge is 0.472 e. The lowest BCUT2D eigenvalue weighted by atomic mass is 10.0. The Morgan fingerprint density at radius 2 is 1.29 bits per heavy atom. The minimum Gasteiger partial charge on any atom is -0.388 e. The van der Waals surface area contributed by atoms with Crippen molar-refractivity contribution in [3.63, 3.8) is 0 Å². The van der Waals surface area contributed by atoms with E-state index in [1.165, 1.54) is 77.0 Å². The van der Waals surface area contributed by atoms with Crippen LogP contribution in [0, 0.1) is 0 Å². The van der Waals surface area contributed by atoms with Gasteiger partial charge >= 0.3 is 7.82 Å². The summed E-state index contributed by atoms with van der Waals surface area (Å²) in [6.07, 6.45) is 17.4. The quantitative estimate of drug-likeness (QED) is 0.0866. The van der Waals surface area contributed by atoms with Crippen LogP contribution in [0.25, 0.3) is 0 Å². The van der Waals surface area contributed by atoms with E-state index < -0.39 is 13.9 Å². The van der Waals surface area contributed by atoms with Crippen LogP contribution in [0.1, 0.15) is 96.8 Å². The van der Waals surface area contributed by atoms with E-state index in [9.17, 15) is 14.6 Å². The van der Waals surface area contributed by atoms with Gasteiger partial charge in [-0.3, -0.25) is 9.05 Å². The summed E-state index contributed by atoms with van der Waals surface area (Å²) in [5.74, 6) is 0. The summed E-state index contributed by atoms with van der Waals surface area (Å²) < 4.78 is 28.2. The van der Waals surface area contributed by atoms with Gasteiger partial charge in [0.1, 0.15) is 26.5 Å². The minimum absolute atomic E-state index is 0.0273. The van der Waals surface area contributed by atoms with Gasteiger partial charge in [-0.05, 0) is 6.42 Å². The van der Waals surface area contributed by atoms with Gasteiger partial charge in [-0.25, -0.2) is 9.14 Å².